The van der Waals surface area contributed by atoms with Gasteiger partial charge in [-0.3, -0.25) is 4.90 Å². The summed E-state index contributed by atoms with van der Waals surface area (Å²) in [5.74, 6) is 0. The number of fused-ring (bicyclic) bond motifs is 1. The van der Waals surface area contributed by atoms with Gasteiger partial charge in [0, 0.05) is 24.0 Å². The van der Waals surface area contributed by atoms with E-state index in [0.29, 0.717) is 6.04 Å². The summed E-state index contributed by atoms with van der Waals surface area (Å²) >= 11 is 0. The summed E-state index contributed by atoms with van der Waals surface area (Å²) in [6, 6.07) is 5.91. The van der Waals surface area contributed by atoms with Crippen molar-refractivity contribution < 1.29 is 4.79 Å². The molecule has 1 aromatic rings. The number of benzene rings is 1. The number of nitrogens with one attached hydrogen (secondary N) is 1. The summed E-state index contributed by atoms with van der Waals surface area (Å²) in [4.78, 5) is 13.2. The number of anilines is 2. The third-order valence-corrected chi connectivity index (χ3v) is 3.17. The zero-order valence-corrected chi connectivity index (χ0v) is 9.52. The monoisotopic (exact) mass is 229 g/mol. The first-order chi connectivity index (χ1) is 8.25. The molecule has 0 unspecified atom stereocenters. The summed E-state index contributed by atoms with van der Waals surface area (Å²) < 4.78 is 0. The Kier molecular flexibility index (Phi) is 2.28. The van der Waals surface area contributed by atoms with E-state index in [0.717, 1.165) is 36.3 Å². The minimum atomic E-state index is -0.361. The molecule has 1 fully saturated rings. The van der Waals surface area contributed by atoms with Crippen LogP contribution < -0.4 is 16.0 Å². The normalized spacial score (nSPS) is 17.2. The highest BCUT2D eigenvalue weighted by molar-refractivity contribution is 5.93. The summed E-state index contributed by atoms with van der Waals surface area (Å²) in [5.41, 5.74) is 8.55. The van der Waals surface area contributed by atoms with Crippen molar-refractivity contribution in [3.8, 4) is 0 Å². The number of nitrogens with zero attached hydrogens (tertiary/aromatic N) is 1. The molecule has 3 rings (SSSR count). The molecule has 1 heterocycles. The Morgan fingerprint density at radius 3 is 2.94 bits per heavy atom. The number of hydrogen-bond acceptors (Lipinski definition) is 2. The van der Waals surface area contributed by atoms with Crippen LogP contribution in [0.3, 0.4) is 0 Å². The van der Waals surface area contributed by atoms with Crippen LogP contribution in [0.1, 0.15) is 18.4 Å². The third kappa shape index (κ3) is 1.86. The van der Waals surface area contributed by atoms with Crippen molar-refractivity contribution in [3.05, 3.63) is 29.8 Å². The zero-order chi connectivity index (χ0) is 11.8. The molecule has 0 aromatic heterocycles. The maximum Gasteiger partial charge on any atom is 0.319 e. The molecule has 4 heteroatoms. The molecular formula is C13H15N3O. The topological polar surface area (TPSA) is 58.4 Å². The van der Waals surface area contributed by atoms with Crippen molar-refractivity contribution in [2.75, 3.05) is 16.8 Å². The van der Waals surface area contributed by atoms with E-state index < -0.39 is 0 Å². The van der Waals surface area contributed by atoms with Gasteiger partial charge < -0.3 is 11.1 Å². The number of hydrogen-bond donors (Lipinski definition) is 2. The summed E-state index contributed by atoms with van der Waals surface area (Å²) in [7, 11) is 0. The quantitative estimate of drug-likeness (QED) is 0.816. The second kappa shape index (κ2) is 3.80. The number of primary amides is 1. The average Bonchev–Trinajstić information content (AvgIpc) is 3.13. The number of rotatable bonds is 2. The highest BCUT2D eigenvalue weighted by Gasteiger charge is 2.32. The van der Waals surface area contributed by atoms with E-state index in [9.17, 15) is 4.79 Å². The van der Waals surface area contributed by atoms with E-state index in [-0.39, 0.29) is 6.03 Å². The molecule has 0 bridgehead atoms. The number of carbonyl (C=O) groups is 1. The van der Waals surface area contributed by atoms with Crippen LogP contribution in [0.2, 0.25) is 0 Å². The lowest BCUT2D eigenvalue weighted by atomic mass is 10.1. The average molecular weight is 229 g/mol. The van der Waals surface area contributed by atoms with Crippen LogP contribution in [-0.2, 0) is 0 Å². The van der Waals surface area contributed by atoms with Crippen molar-refractivity contribution in [2.45, 2.75) is 18.9 Å². The molecule has 2 amide bonds. The van der Waals surface area contributed by atoms with Crippen LogP contribution in [0.4, 0.5) is 16.2 Å². The fourth-order valence-electron chi connectivity index (χ4n) is 2.20. The largest absolute Gasteiger partial charge is 0.381 e. The predicted octanol–water partition coefficient (Wildman–Crippen LogP) is 2.17. The molecule has 1 aliphatic carbocycles. The van der Waals surface area contributed by atoms with Crippen LogP contribution in [0, 0.1) is 0 Å². The van der Waals surface area contributed by atoms with Crippen molar-refractivity contribution in [1.29, 1.82) is 0 Å². The van der Waals surface area contributed by atoms with Crippen LogP contribution in [0.25, 0.3) is 6.08 Å². The Labute approximate surface area is 100 Å². The van der Waals surface area contributed by atoms with Gasteiger partial charge in [0.2, 0.25) is 0 Å². The number of carbonyl (C=O) groups excluding carboxylic acids is 1. The Bertz CT molecular complexity index is 491. The van der Waals surface area contributed by atoms with Gasteiger partial charge in [0.15, 0.2) is 0 Å². The van der Waals surface area contributed by atoms with Crippen LogP contribution >= 0.6 is 0 Å². The van der Waals surface area contributed by atoms with Crippen LogP contribution in [0.15, 0.2) is 24.3 Å². The summed E-state index contributed by atoms with van der Waals surface area (Å²) in [5, 5.41) is 3.28. The van der Waals surface area contributed by atoms with Gasteiger partial charge in [-0.2, -0.15) is 0 Å². The smallest absolute Gasteiger partial charge is 0.319 e. The number of urea groups is 1. The van der Waals surface area contributed by atoms with E-state index in [1.807, 2.05) is 18.2 Å². The van der Waals surface area contributed by atoms with E-state index >= 15 is 0 Å². The molecule has 0 radical (unpaired) electrons. The molecule has 4 nitrogen and oxygen atoms in total. The van der Waals surface area contributed by atoms with E-state index in [1.54, 1.807) is 4.90 Å². The van der Waals surface area contributed by atoms with Gasteiger partial charge in [-0.1, -0.05) is 12.2 Å². The zero-order valence-electron chi connectivity index (χ0n) is 9.52. The van der Waals surface area contributed by atoms with E-state index in [1.165, 1.54) is 0 Å². The first-order valence-electron chi connectivity index (χ1n) is 5.89. The molecule has 1 saturated carbocycles. The standard InChI is InChI=1S/C13H15N3O/c14-13(17)16(10-3-4-10)11-5-6-12-9(8-11)2-1-7-15-12/h1-2,5-6,8,10,15H,3-4,7H2,(H2,14,17). The van der Waals surface area contributed by atoms with E-state index in [4.69, 9.17) is 5.73 Å². The van der Waals surface area contributed by atoms with Gasteiger partial charge >= 0.3 is 6.03 Å². The molecule has 1 aliphatic heterocycles. The van der Waals surface area contributed by atoms with Crippen molar-refractivity contribution in [1.82, 2.24) is 0 Å². The molecule has 0 atom stereocenters. The van der Waals surface area contributed by atoms with Crippen molar-refractivity contribution in [2.24, 2.45) is 5.73 Å². The molecule has 88 valence electrons. The Balaban J connectivity index is 1.97. The fraction of sp³-hybridized carbons (Fsp3) is 0.308. The minimum Gasteiger partial charge on any atom is -0.381 e. The Morgan fingerprint density at radius 1 is 1.41 bits per heavy atom. The maximum atomic E-state index is 11.5. The second-order valence-corrected chi connectivity index (χ2v) is 4.49. The molecule has 2 aliphatic rings. The molecule has 0 spiro atoms. The van der Waals surface area contributed by atoms with Gasteiger partial charge in [-0.15, -0.1) is 0 Å². The first-order valence-corrected chi connectivity index (χ1v) is 5.89. The molecular weight excluding hydrogens is 214 g/mol. The Hall–Kier alpha value is -1.97. The van der Waals surface area contributed by atoms with Gasteiger partial charge in [-0.05, 0) is 36.6 Å². The second-order valence-electron chi connectivity index (χ2n) is 4.49. The molecule has 17 heavy (non-hydrogen) atoms. The third-order valence-electron chi connectivity index (χ3n) is 3.17. The highest BCUT2D eigenvalue weighted by Crippen LogP contribution is 2.34. The molecule has 1 aromatic carbocycles. The number of nitrogens with two attached hydrogens (primary N) is 1. The SMILES string of the molecule is NC(=O)N(c1ccc2c(c1)C=CCN2)C1CC1. The Morgan fingerprint density at radius 2 is 2.24 bits per heavy atom. The highest BCUT2D eigenvalue weighted by atomic mass is 16.2. The van der Waals surface area contributed by atoms with Gasteiger partial charge in [0.1, 0.15) is 0 Å². The van der Waals surface area contributed by atoms with Gasteiger partial charge in [-0.25, -0.2) is 4.79 Å². The maximum absolute atomic E-state index is 11.5. The van der Waals surface area contributed by atoms with Crippen LogP contribution in [0.5, 0.6) is 0 Å². The minimum absolute atomic E-state index is 0.297. The molecule has 3 N–H and O–H groups in total. The fourth-order valence-corrected chi connectivity index (χ4v) is 2.20. The lowest BCUT2D eigenvalue weighted by Crippen LogP contribution is -2.37. The summed E-state index contributed by atoms with van der Waals surface area (Å²) in [6.07, 6.45) is 6.24. The lowest BCUT2D eigenvalue weighted by Gasteiger charge is -2.22. The van der Waals surface area contributed by atoms with Crippen molar-refractivity contribution in [3.63, 3.8) is 0 Å². The van der Waals surface area contributed by atoms with Crippen molar-refractivity contribution >= 4 is 23.5 Å². The number of amides is 2. The van der Waals surface area contributed by atoms with Gasteiger partial charge in [0.25, 0.3) is 0 Å². The van der Waals surface area contributed by atoms with E-state index in [2.05, 4.69) is 17.5 Å². The predicted molar refractivity (Wildman–Crippen MR) is 69.1 cm³/mol. The van der Waals surface area contributed by atoms with Gasteiger partial charge in [0.05, 0.1) is 0 Å². The lowest BCUT2D eigenvalue weighted by molar-refractivity contribution is 0.253. The molecule has 0 saturated heterocycles. The first kappa shape index (κ1) is 10.2. The van der Waals surface area contributed by atoms with Crippen LogP contribution in [-0.4, -0.2) is 18.6 Å². The summed E-state index contributed by atoms with van der Waals surface area (Å²) in [6.45, 7) is 0.856.